The molecular formula is C29H25NO3. The zero-order chi connectivity index (χ0) is 22.7. The Morgan fingerprint density at radius 1 is 0.758 bits per heavy atom. The number of carbonyl (C=O) groups is 1. The highest BCUT2D eigenvalue weighted by Crippen LogP contribution is 2.42. The van der Waals surface area contributed by atoms with Gasteiger partial charge in [-0.1, -0.05) is 91.0 Å². The number of phenols is 1. The van der Waals surface area contributed by atoms with Crippen molar-refractivity contribution in [1.82, 2.24) is 5.32 Å². The first-order chi connectivity index (χ1) is 16.2. The first-order valence-corrected chi connectivity index (χ1v) is 11.2. The van der Waals surface area contributed by atoms with E-state index in [-0.39, 0.29) is 23.3 Å². The molecule has 4 aromatic carbocycles. The fourth-order valence-corrected chi connectivity index (χ4v) is 4.13. The number of phenolic OH excluding ortho intramolecular Hbond substituents is 1. The van der Waals surface area contributed by atoms with Crippen molar-refractivity contribution >= 4 is 5.91 Å². The molecule has 5 rings (SSSR count). The Hall–Kier alpha value is -4.05. The third-order valence-electron chi connectivity index (χ3n) is 5.94. The highest BCUT2D eigenvalue weighted by atomic mass is 16.5. The molecule has 1 fully saturated rings. The summed E-state index contributed by atoms with van der Waals surface area (Å²) in [5.74, 6) is 0.0998. The molecule has 1 saturated carbocycles. The minimum Gasteiger partial charge on any atom is -0.507 e. The maximum absolute atomic E-state index is 12.5. The highest BCUT2D eigenvalue weighted by molar-refractivity contribution is 5.97. The Balaban J connectivity index is 1.62. The van der Waals surface area contributed by atoms with Gasteiger partial charge in [-0.05, 0) is 25.0 Å². The van der Waals surface area contributed by atoms with Gasteiger partial charge in [0.2, 0.25) is 0 Å². The van der Waals surface area contributed by atoms with Crippen molar-refractivity contribution < 1.29 is 14.6 Å². The molecule has 4 nitrogen and oxygen atoms in total. The number of ether oxygens (including phenoxy) is 1. The number of rotatable bonds is 7. The van der Waals surface area contributed by atoms with E-state index in [2.05, 4.69) is 5.32 Å². The van der Waals surface area contributed by atoms with E-state index in [0.717, 1.165) is 29.5 Å². The smallest absolute Gasteiger partial charge is 0.255 e. The van der Waals surface area contributed by atoms with Crippen LogP contribution >= 0.6 is 0 Å². The predicted octanol–water partition coefficient (Wildman–Crippen LogP) is 5.66. The van der Waals surface area contributed by atoms with E-state index in [0.29, 0.717) is 5.75 Å². The second kappa shape index (κ2) is 8.83. The lowest BCUT2D eigenvalue weighted by Gasteiger charge is -2.36. The summed E-state index contributed by atoms with van der Waals surface area (Å²) in [7, 11) is 0. The van der Waals surface area contributed by atoms with Gasteiger partial charge in [0.05, 0.1) is 5.56 Å². The molecule has 33 heavy (non-hydrogen) atoms. The molecule has 4 aromatic rings. The first kappa shape index (κ1) is 20.8. The Morgan fingerprint density at radius 3 is 1.67 bits per heavy atom. The molecule has 4 heteroatoms. The van der Waals surface area contributed by atoms with Gasteiger partial charge in [-0.15, -0.1) is 0 Å². The molecule has 0 bridgehead atoms. The molecule has 1 amide bonds. The molecule has 0 atom stereocenters. The van der Waals surface area contributed by atoms with E-state index in [1.807, 2.05) is 91.0 Å². The molecule has 2 N–H and O–H groups in total. The van der Waals surface area contributed by atoms with Crippen LogP contribution in [0.1, 0.15) is 39.9 Å². The van der Waals surface area contributed by atoms with E-state index in [1.165, 1.54) is 6.07 Å². The minimum absolute atomic E-state index is 0.103. The van der Waals surface area contributed by atoms with E-state index in [1.54, 1.807) is 12.1 Å². The Kier molecular flexibility index (Phi) is 5.57. The number of carbonyl (C=O) groups excluding carboxylic acids is 1. The summed E-state index contributed by atoms with van der Waals surface area (Å²) in [6.07, 6.45) is 1.98. The average molecular weight is 436 g/mol. The number of benzene rings is 4. The second-order valence-corrected chi connectivity index (χ2v) is 8.31. The third-order valence-corrected chi connectivity index (χ3v) is 5.94. The van der Waals surface area contributed by atoms with Crippen LogP contribution in [0.3, 0.4) is 0 Å². The van der Waals surface area contributed by atoms with Gasteiger partial charge in [0.1, 0.15) is 11.5 Å². The number of amides is 1. The topological polar surface area (TPSA) is 58.6 Å². The average Bonchev–Trinajstić information content (AvgIpc) is 3.68. The molecule has 1 aliphatic carbocycles. The quantitative estimate of drug-likeness (QED) is 0.369. The van der Waals surface area contributed by atoms with Crippen LogP contribution in [0.4, 0.5) is 0 Å². The van der Waals surface area contributed by atoms with Crippen LogP contribution in [0.5, 0.6) is 11.5 Å². The standard InChI is InChI=1S/C29H25NO3/c31-27-20-25(18-19-26(27)28(32)30-24-16-17-24)33-29(21-10-4-1-5-11-21,22-12-6-2-7-13-22)23-14-8-3-9-15-23/h1-15,18-20,24,31H,16-17H2,(H,30,32). The number of nitrogens with one attached hydrogen (secondary N) is 1. The molecule has 164 valence electrons. The van der Waals surface area contributed by atoms with Crippen molar-refractivity contribution in [2.24, 2.45) is 0 Å². The van der Waals surface area contributed by atoms with Crippen molar-refractivity contribution in [3.8, 4) is 11.5 Å². The van der Waals surface area contributed by atoms with Crippen LogP contribution in [-0.4, -0.2) is 17.1 Å². The summed E-state index contributed by atoms with van der Waals surface area (Å²) in [5.41, 5.74) is 2.17. The SMILES string of the molecule is O=C(NC1CC1)c1ccc(OC(c2ccccc2)(c2ccccc2)c2ccccc2)cc1O. The van der Waals surface area contributed by atoms with Gasteiger partial charge in [-0.3, -0.25) is 4.79 Å². The molecule has 0 heterocycles. The van der Waals surface area contributed by atoms with Crippen LogP contribution in [-0.2, 0) is 5.60 Å². The zero-order valence-electron chi connectivity index (χ0n) is 18.1. The lowest BCUT2D eigenvalue weighted by molar-refractivity contribution is 0.0948. The van der Waals surface area contributed by atoms with Gasteiger partial charge < -0.3 is 15.2 Å². The van der Waals surface area contributed by atoms with Crippen molar-refractivity contribution in [3.05, 3.63) is 131 Å². The first-order valence-electron chi connectivity index (χ1n) is 11.2. The van der Waals surface area contributed by atoms with Crippen molar-refractivity contribution in [1.29, 1.82) is 0 Å². The van der Waals surface area contributed by atoms with Gasteiger partial charge >= 0.3 is 0 Å². The maximum Gasteiger partial charge on any atom is 0.255 e. The number of hydrogen-bond acceptors (Lipinski definition) is 3. The molecule has 0 radical (unpaired) electrons. The third kappa shape index (κ3) is 4.20. The van der Waals surface area contributed by atoms with Crippen LogP contribution < -0.4 is 10.1 Å². The Labute approximate surface area is 193 Å². The van der Waals surface area contributed by atoms with Gasteiger partial charge in [0, 0.05) is 28.8 Å². The minimum atomic E-state index is -0.950. The molecule has 0 saturated heterocycles. The molecule has 0 aromatic heterocycles. The summed E-state index contributed by atoms with van der Waals surface area (Å²) in [6, 6.07) is 35.2. The molecule has 0 spiro atoms. The van der Waals surface area contributed by atoms with E-state index >= 15 is 0 Å². The van der Waals surface area contributed by atoms with Gasteiger partial charge in [-0.25, -0.2) is 0 Å². The number of hydrogen-bond donors (Lipinski definition) is 2. The molecular weight excluding hydrogens is 410 g/mol. The maximum atomic E-state index is 12.5. The second-order valence-electron chi connectivity index (χ2n) is 8.31. The zero-order valence-corrected chi connectivity index (χ0v) is 18.1. The predicted molar refractivity (Wildman–Crippen MR) is 128 cm³/mol. The lowest BCUT2D eigenvalue weighted by atomic mass is 9.80. The lowest BCUT2D eigenvalue weighted by Crippen LogP contribution is -2.36. The van der Waals surface area contributed by atoms with Crippen molar-refractivity contribution in [2.75, 3.05) is 0 Å². The monoisotopic (exact) mass is 435 g/mol. The summed E-state index contributed by atoms with van der Waals surface area (Å²) in [4.78, 5) is 12.5. The Bertz CT molecular complexity index is 1140. The van der Waals surface area contributed by atoms with E-state index in [9.17, 15) is 9.90 Å². The molecule has 1 aliphatic rings. The van der Waals surface area contributed by atoms with Crippen LogP contribution in [0.15, 0.2) is 109 Å². The van der Waals surface area contributed by atoms with E-state index < -0.39 is 5.60 Å². The highest BCUT2D eigenvalue weighted by Gasteiger charge is 2.39. The van der Waals surface area contributed by atoms with E-state index in [4.69, 9.17) is 4.74 Å². The van der Waals surface area contributed by atoms with Crippen LogP contribution in [0.2, 0.25) is 0 Å². The number of aromatic hydroxyl groups is 1. The van der Waals surface area contributed by atoms with Gasteiger partial charge in [0.15, 0.2) is 5.60 Å². The van der Waals surface area contributed by atoms with Crippen LogP contribution in [0.25, 0.3) is 0 Å². The van der Waals surface area contributed by atoms with Crippen LogP contribution in [0, 0.1) is 0 Å². The summed E-state index contributed by atoms with van der Waals surface area (Å²) in [6.45, 7) is 0. The van der Waals surface area contributed by atoms with Crippen molar-refractivity contribution in [2.45, 2.75) is 24.5 Å². The Morgan fingerprint density at radius 2 is 1.24 bits per heavy atom. The van der Waals surface area contributed by atoms with Gasteiger partial charge in [-0.2, -0.15) is 0 Å². The summed E-state index contributed by atoms with van der Waals surface area (Å²) < 4.78 is 6.78. The molecule has 0 aliphatic heterocycles. The van der Waals surface area contributed by atoms with Crippen molar-refractivity contribution in [3.63, 3.8) is 0 Å². The fourth-order valence-electron chi connectivity index (χ4n) is 4.13. The summed E-state index contributed by atoms with van der Waals surface area (Å²) >= 11 is 0. The molecule has 0 unspecified atom stereocenters. The normalized spacial score (nSPS) is 13.3. The summed E-state index contributed by atoms with van der Waals surface area (Å²) in [5, 5.41) is 13.6. The largest absolute Gasteiger partial charge is 0.507 e. The fraction of sp³-hybridized carbons (Fsp3) is 0.138. The van der Waals surface area contributed by atoms with Gasteiger partial charge in [0.25, 0.3) is 5.91 Å².